The number of benzene rings is 3. The molecule has 5 heteroatoms. The van der Waals surface area contributed by atoms with Gasteiger partial charge in [0.05, 0.1) is 7.11 Å². The van der Waals surface area contributed by atoms with Crippen molar-refractivity contribution in [3.63, 3.8) is 0 Å². The van der Waals surface area contributed by atoms with Gasteiger partial charge in [0.25, 0.3) is 0 Å². The Morgan fingerprint density at radius 1 is 0.781 bits per heavy atom. The molecule has 4 rings (SSSR count). The minimum Gasteiger partial charge on any atom is -0.497 e. The van der Waals surface area contributed by atoms with Crippen LogP contribution in [0.4, 0.5) is 0 Å². The SMILES string of the molecule is COc1ccc(O[C@H](CCN2CCN(Cc3ccccc3)CC2)c2ccccc2Cl)cc1. The molecule has 1 heterocycles. The molecule has 0 amide bonds. The van der Waals surface area contributed by atoms with Crippen LogP contribution in [0.5, 0.6) is 11.5 Å². The van der Waals surface area contributed by atoms with Crippen molar-refractivity contribution in [3.8, 4) is 11.5 Å². The van der Waals surface area contributed by atoms with E-state index in [1.54, 1.807) is 7.11 Å². The molecule has 4 nitrogen and oxygen atoms in total. The van der Waals surface area contributed by atoms with Crippen LogP contribution in [-0.2, 0) is 6.54 Å². The van der Waals surface area contributed by atoms with E-state index in [1.165, 1.54) is 5.56 Å². The standard InChI is InChI=1S/C27H31ClN2O2/c1-31-23-11-13-24(14-12-23)32-27(25-9-5-6-10-26(25)28)15-16-29-17-19-30(20-18-29)21-22-7-3-2-4-8-22/h2-14,27H,15-21H2,1H3/t27-/m1/s1. The zero-order valence-electron chi connectivity index (χ0n) is 18.6. The summed E-state index contributed by atoms with van der Waals surface area (Å²) in [6.07, 6.45) is 0.786. The Morgan fingerprint density at radius 2 is 1.41 bits per heavy atom. The van der Waals surface area contributed by atoms with Crippen molar-refractivity contribution >= 4 is 11.6 Å². The molecule has 0 spiro atoms. The van der Waals surface area contributed by atoms with E-state index < -0.39 is 0 Å². The predicted molar refractivity (Wildman–Crippen MR) is 131 cm³/mol. The summed E-state index contributed by atoms with van der Waals surface area (Å²) in [6, 6.07) is 26.4. The van der Waals surface area contributed by atoms with Gasteiger partial charge in [0, 0.05) is 56.3 Å². The molecule has 32 heavy (non-hydrogen) atoms. The summed E-state index contributed by atoms with van der Waals surface area (Å²) >= 11 is 6.53. The first kappa shape index (κ1) is 22.7. The van der Waals surface area contributed by atoms with E-state index >= 15 is 0 Å². The lowest BCUT2D eigenvalue weighted by molar-refractivity contribution is 0.107. The molecule has 1 saturated heterocycles. The number of ether oxygens (including phenoxy) is 2. The van der Waals surface area contributed by atoms with Gasteiger partial charge in [-0.2, -0.15) is 0 Å². The molecule has 3 aromatic carbocycles. The van der Waals surface area contributed by atoms with Crippen LogP contribution >= 0.6 is 11.6 Å². The maximum absolute atomic E-state index is 6.53. The van der Waals surface area contributed by atoms with E-state index in [1.807, 2.05) is 42.5 Å². The van der Waals surface area contributed by atoms with Crippen LogP contribution in [0.3, 0.4) is 0 Å². The summed E-state index contributed by atoms with van der Waals surface area (Å²) in [5.74, 6) is 1.64. The number of methoxy groups -OCH3 is 1. The second kappa shape index (κ2) is 11.4. The summed E-state index contributed by atoms with van der Waals surface area (Å²) in [7, 11) is 1.67. The molecule has 1 fully saturated rings. The highest BCUT2D eigenvalue weighted by atomic mass is 35.5. The van der Waals surface area contributed by atoms with Crippen molar-refractivity contribution in [3.05, 3.63) is 95.0 Å². The zero-order chi connectivity index (χ0) is 22.2. The van der Waals surface area contributed by atoms with Gasteiger partial charge in [-0.3, -0.25) is 4.90 Å². The third-order valence-electron chi connectivity index (χ3n) is 6.01. The van der Waals surface area contributed by atoms with Crippen molar-refractivity contribution in [2.45, 2.75) is 19.1 Å². The fourth-order valence-electron chi connectivity index (χ4n) is 4.15. The van der Waals surface area contributed by atoms with E-state index in [0.29, 0.717) is 0 Å². The molecule has 0 unspecified atom stereocenters. The fourth-order valence-corrected chi connectivity index (χ4v) is 4.40. The largest absolute Gasteiger partial charge is 0.497 e. The maximum atomic E-state index is 6.53. The second-order valence-corrected chi connectivity index (χ2v) is 8.60. The highest BCUT2D eigenvalue weighted by molar-refractivity contribution is 6.31. The van der Waals surface area contributed by atoms with Crippen LogP contribution in [0.1, 0.15) is 23.7 Å². The van der Waals surface area contributed by atoms with Gasteiger partial charge < -0.3 is 14.4 Å². The Labute approximate surface area is 196 Å². The van der Waals surface area contributed by atoms with E-state index in [9.17, 15) is 0 Å². The average molecular weight is 451 g/mol. The van der Waals surface area contributed by atoms with Crippen LogP contribution in [0, 0.1) is 0 Å². The van der Waals surface area contributed by atoms with Crippen LogP contribution in [0.25, 0.3) is 0 Å². The van der Waals surface area contributed by atoms with Crippen LogP contribution in [0.2, 0.25) is 5.02 Å². The first-order chi connectivity index (χ1) is 15.7. The summed E-state index contributed by atoms with van der Waals surface area (Å²) in [5, 5.41) is 0.749. The molecule has 1 atom stereocenters. The lowest BCUT2D eigenvalue weighted by atomic mass is 10.1. The van der Waals surface area contributed by atoms with Gasteiger partial charge in [0.1, 0.15) is 17.6 Å². The Kier molecular flexibility index (Phi) is 8.05. The molecular formula is C27H31ClN2O2. The van der Waals surface area contributed by atoms with Gasteiger partial charge in [-0.1, -0.05) is 60.1 Å². The third-order valence-corrected chi connectivity index (χ3v) is 6.36. The molecule has 0 N–H and O–H groups in total. The number of rotatable bonds is 9. The molecule has 1 aliphatic heterocycles. The third kappa shape index (κ3) is 6.26. The van der Waals surface area contributed by atoms with Crippen molar-refractivity contribution in [1.82, 2.24) is 9.80 Å². The minimum absolute atomic E-state index is 0.0977. The Morgan fingerprint density at radius 3 is 2.09 bits per heavy atom. The van der Waals surface area contributed by atoms with Gasteiger partial charge in [0.2, 0.25) is 0 Å². The summed E-state index contributed by atoms with van der Waals surface area (Å²) in [6.45, 7) is 6.33. The average Bonchev–Trinajstić information content (AvgIpc) is 2.84. The predicted octanol–water partition coefficient (Wildman–Crippen LogP) is 5.68. The number of nitrogens with zero attached hydrogens (tertiary/aromatic N) is 2. The smallest absolute Gasteiger partial charge is 0.126 e. The Bertz CT molecular complexity index is 957. The first-order valence-corrected chi connectivity index (χ1v) is 11.6. The Balaban J connectivity index is 1.34. The van der Waals surface area contributed by atoms with Crippen molar-refractivity contribution in [2.75, 3.05) is 39.8 Å². The summed E-state index contributed by atoms with van der Waals surface area (Å²) in [4.78, 5) is 5.06. The molecule has 0 aromatic heterocycles. The molecule has 0 radical (unpaired) electrons. The quantitative estimate of drug-likeness (QED) is 0.419. The van der Waals surface area contributed by atoms with Crippen molar-refractivity contribution in [2.24, 2.45) is 0 Å². The van der Waals surface area contributed by atoms with Gasteiger partial charge in [-0.05, 0) is 35.9 Å². The highest BCUT2D eigenvalue weighted by Gasteiger charge is 2.21. The second-order valence-electron chi connectivity index (χ2n) is 8.20. The topological polar surface area (TPSA) is 24.9 Å². The molecule has 3 aromatic rings. The maximum Gasteiger partial charge on any atom is 0.126 e. The number of hydrogen-bond acceptors (Lipinski definition) is 4. The lowest BCUT2D eigenvalue weighted by Gasteiger charge is -2.35. The summed E-state index contributed by atoms with van der Waals surface area (Å²) < 4.78 is 11.7. The van der Waals surface area contributed by atoms with E-state index in [4.69, 9.17) is 21.1 Å². The molecule has 0 aliphatic carbocycles. The molecular weight excluding hydrogens is 420 g/mol. The van der Waals surface area contributed by atoms with Crippen molar-refractivity contribution in [1.29, 1.82) is 0 Å². The molecule has 1 aliphatic rings. The molecule has 0 saturated carbocycles. The van der Waals surface area contributed by atoms with Crippen LogP contribution in [0.15, 0.2) is 78.9 Å². The number of piperazine rings is 1. The first-order valence-electron chi connectivity index (χ1n) is 11.2. The summed E-state index contributed by atoms with van der Waals surface area (Å²) in [5.41, 5.74) is 2.42. The lowest BCUT2D eigenvalue weighted by Crippen LogP contribution is -2.46. The van der Waals surface area contributed by atoms with Gasteiger partial charge in [0.15, 0.2) is 0 Å². The van der Waals surface area contributed by atoms with Crippen LogP contribution < -0.4 is 9.47 Å². The molecule has 0 bridgehead atoms. The monoisotopic (exact) mass is 450 g/mol. The van der Waals surface area contributed by atoms with E-state index in [0.717, 1.165) is 67.8 Å². The zero-order valence-corrected chi connectivity index (χ0v) is 19.4. The van der Waals surface area contributed by atoms with Gasteiger partial charge in [-0.15, -0.1) is 0 Å². The number of halogens is 1. The van der Waals surface area contributed by atoms with Crippen LogP contribution in [-0.4, -0.2) is 49.6 Å². The van der Waals surface area contributed by atoms with Crippen molar-refractivity contribution < 1.29 is 9.47 Å². The highest BCUT2D eigenvalue weighted by Crippen LogP contribution is 2.31. The van der Waals surface area contributed by atoms with E-state index in [-0.39, 0.29) is 6.10 Å². The van der Waals surface area contributed by atoms with Gasteiger partial charge in [-0.25, -0.2) is 0 Å². The normalized spacial score (nSPS) is 15.9. The minimum atomic E-state index is -0.0977. The van der Waals surface area contributed by atoms with Gasteiger partial charge >= 0.3 is 0 Å². The number of hydrogen-bond donors (Lipinski definition) is 0. The Hall–Kier alpha value is -2.53. The molecule has 168 valence electrons. The van der Waals surface area contributed by atoms with E-state index in [2.05, 4.69) is 46.2 Å². The fraction of sp³-hybridized carbons (Fsp3) is 0.333.